The van der Waals surface area contributed by atoms with Gasteiger partial charge in [-0.2, -0.15) is 0 Å². The predicted octanol–water partition coefficient (Wildman–Crippen LogP) is 0.111. The molecule has 104 valence electrons. The third-order valence-electron chi connectivity index (χ3n) is 2.99. The van der Waals surface area contributed by atoms with Crippen LogP contribution >= 0.6 is 0 Å². The van der Waals surface area contributed by atoms with E-state index in [1.807, 2.05) is 20.8 Å². The number of nitrogens with one attached hydrogen (secondary N) is 3. The molecule has 1 unspecified atom stereocenters. The van der Waals surface area contributed by atoms with Gasteiger partial charge in [-0.15, -0.1) is 5.10 Å². The van der Waals surface area contributed by atoms with Crippen molar-refractivity contribution in [2.45, 2.75) is 45.1 Å². The third kappa shape index (κ3) is 3.10. The summed E-state index contributed by atoms with van der Waals surface area (Å²) in [5.74, 6) is 0.147. The molecule has 2 rings (SSSR count). The highest BCUT2D eigenvalue weighted by atomic mass is 16.2. The highest BCUT2D eigenvalue weighted by Gasteiger charge is 2.26. The van der Waals surface area contributed by atoms with Gasteiger partial charge in [-0.1, -0.05) is 20.8 Å². The van der Waals surface area contributed by atoms with Crippen molar-refractivity contribution in [3.05, 3.63) is 11.6 Å². The van der Waals surface area contributed by atoms with Crippen LogP contribution in [0.3, 0.4) is 0 Å². The number of carbonyl (C=O) groups excluding carboxylic acids is 2. The van der Waals surface area contributed by atoms with Crippen LogP contribution in [0.2, 0.25) is 0 Å². The minimum atomic E-state index is -0.488. The van der Waals surface area contributed by atoms with Crippen LogP contribution in [0.1, 0.15) is 50.1 Å². The van der Waals surface area contributed by atoms with E-state index in [0.717, 1.165) is 6.42 Å². The van der Waals surface area contributed by atoms with Gasteiger partial charge in [0.25, 0.3) is 5.91 Å². The summed E-state index contributed by atoms with van der Waals surface area (Å²) in [6.45, 7) is 6.59. The highest BCUT2D eigenvalue weighted by Crippen LogP contribution is 2.17. The van der Waals surface area contributed by atoms with Crippen LogP contribution in [0.5, 0.6) is 0 Å². The Kier molecular flexibility index (Phi) is 3.55. The van der Waals surface area contributed by atoms with Gasteiger partial charge in [0.2, 0.25) is 11.7 Å². The van der Waals surface area contributed by atoms with Gasteiger partial charge in [-0.05, 0) is 12.8 Å². The summed E-state index contributed by atoms with van der Waals surface area (Å²) in [5, 5.41) is 12.0. The van der Waals surface area contributed by atoms with E-state index in [2.05, 4.69) is 25.8 Å². The lowest BCUT2D eigenvalue weighted by Crippen LogP contribution is -2.50. The van der Waals surface area contributed by atoms with Crippen molar-refractivity contribution in [2.75, 3.05) is 6.54 Å². The monoisotopic (exact) mass is 265 g/mol. The van der Waals surface area contributed by atoms with Crippen LogP contribution in [0.15, 0.2) is 0 Å². The van der Waals surface area contributed by atoms with Crippen molar-refractivity contribution in [2.24, 2.45) is 0 Å². The fourth-order valence-electron chi connectivity index (χ4n) is 1.83. The Morgan fingerprint density at radius 1 is 1.42 bits per heavy atom. The largest absolute Gasteiger partial charge is 0.354 e. The molecule has 1 aromatic rings. The molecule has 0 radical (unpaired) electrons. The zero-order chi connectivity index (χ0) is 14.0. The molecule has 0 spiro atoms. The summed E-state index contributed by atoms with van der Waals surface area (Å²) < 4.78 is 0. The molecule has 1 aliphatic heterocycles. The Hall–Kier alpha value is -1.92. The maximum Gasteiger partial charge on any atom is 0.291 e. The standard InChI is InChI=1S/C12H19N5O2/c1-12(2,3)11-15-8(16-17-11)10(19)14-7-5-4-6-13-9(7)18/h7H,4-6H2,1-3H3,(H,13,18)(H,14,19)(H,15,16,17). The molecule has 1 atom stereocenters. The van der Waals surface area contributed by atoms with Crippen molar-refractivity contribution in [1.82, 2.24) is 25.8 Å². The third-order valence-corrected chi connectivity index (χ3v) is 2.99. The second kappa shape index (κ2) is 4.99. The molecule has 19 heavy (non-hydrogen) atoms. The summed E-state index contributed by atoms with van der Waals surface area (Å²) in [5.41, 5.74) is -0.201. The maximum atomic E-state index is 12.0. The molecule has 3 N–H and O–H groups in total. The van der Waals surface area contributed by atoms with Crippen molar-refractivity contribution < 1.29 is 9.59 Å². The molecular weight excluding hydrogens is 246 g/mol. The van der Waals surface area contributed by atoms with Crippen LogP contribution in [0.4, 0.5) is 0 Å². The average molecular weight is 265 g/mol. The lowest BCUT2D eigenvalue weighted by molar-refractivity contribution is -0.124. The Morgan fingerprint density at radius 2 is 2.16 bits per heavy atom. The Morgan fingerprint density at radius 3 is 2.74 bits per heavy atom. The smallest absolute Gasteiger partial charge is 0.291 e. The molecule has 7 heteroatoms. The summed E-state index contributed by atoms with van der Waals surface area (Å²) >= 11 is 0. The van der Waals surface area contributed by atoms with E-state index >= 15 is 0 Å². The van der Waals surface area contributed by atoms with E-state index in [-0.39, 0.29) is 17.1 Å². The first-order valence-corrected chi connectivity index (χ1v) is 6.39. The highest BCUT2D eigenvalue weighted by molar-refractivity contribution is 5.94. The second-order valence-corrected chi connectivity index (χ2v) is 5.72. The average Bonchev–Trinajstić information content (AvgIpc) is 2.81. The van der Waals surface area contributed by atoms with Gasteiger partial charge in [-0.25, -0.2) is 4.98 Å². The van der Waals surface area contributed by atoms with Crippen molar-refractivity contribution >= 4 is 11.8 Å². The van der Waals surface area contributed by atoms with Crippen molar-refractivity contribution in [1.29, 1.82) is 0 Å². The maximum absolute atomic E-state index is 12.0. The van der Waals surface area contributed by atoms with Gasteiger partial charge in [0, 0.05) is 12.0 Å². The first-order valence-electron chi connectivity index (χ1n) is 6.39. The van der Waals surface area contributed by atoms with Gasteiger partial charge in [0.05, 0.1) is 0 Å². The SMILES string of the molecule is CC(C)(C)c1nc(C(=O)NC2CCCNC2=O)n[nH]1. The normalized spacial score (nSPS) is 19.9. The number of rotatable bonds is 2. The molecule has 1 aromatic heterocycles. The number of piperidine rings is 1. The van der Waals surface area contributed by atoms with Crippen LogP contribution in [0.25, 0.3) is 0 Å². The molecule has 2 amide bonds. The summed E-state index contributed by atoms with van der Waals surface area (Å²) in [4.78, 5) is 27.7. The Labute approximate surface area is 111 Å². The van der Waals surface area contributed by atoms with E-state index < -0.39 is 11.9 Å². The molecule has 1 aliphatic rings. The fraction of sp³-hybridized carbons (Fsp3) is 0.667. The molecule has 1 saturated heterocycles. The lowest BCUT2D eigenvalue weighted by atomic mass is 9.96. The number of hydrogen-bond donors (Lipinski definition) is 3. The van der Waals surface area contributed by atoms with E-state index in [1.54, 1.807) is 0 Å². The summed E-state index contributed by atoms with van der Waals surface area (Å²) in [6.07, 6.45) is 1.51. The molecule has 1 fully saturated rings. The van der Waals surface area contributed by atoms with Gasteiger partial charge in [-0.3, -0.25) is 14.7 Å². The molecule has 0 saturated carbocycles. The number of carbonyl (C=O) groups is 2. The molecule has 0 aromatic carbocycles. The zero-order valence-corrected chi connectivity index (χ0v) is 11.4. The number of hydrogen-bond acceptors (Lipinski definition) is 4. The Balaban J connectivity index is 2.04. The number of aromatic nitrogens is 3. The molecule has 0 bridgehead atoms. The van der Waals surface area contributed by atoms with Gasteiger partial charge < -0.3 is 10.6 Å². The predicted molar refractivity (Wildman–Crippen MR) is 68.6 cm³/mol. The lowest BCUT2D eigenvalue weighted by Gasteiger charge is -2.22. The summed E-state index contributed by atoms with van der Waals surface area (Å²) in [6, 6.07) is -0.488. The topological polar surface area (TPSA) is 99.8 Å². The molecule has 7 nitrogen and oxygen atoms in total. The van der Waals surface area contributed by atoms with Crippen LogP contribution in [0, 0.1) is 0 Å². The van der Waals surface area contributed by atoms with Gasteiger partial charge in [0.15, 0.2) is 0 Å². The van der Waals surface area contributed by atoms with Gasteiger partial charge in [0.1, 0.15) is 11.9 Å². The first kappa shape index (κ1) is 13.5. The molecular formula is C12H19N5O2. The first-order chi connectivity index (χ1) is 8.88. The van der Waals surface area contributed by atoms with Crippen LogP contribution in [-0.4, -0.2) is 39.6 Å². The number of amides is 2. The van der Waals surface area contributed by atoms with Crippen molar-refractivity contribution in [3.8, 4) is 0 Å². The van der Waals surface area contributed by atoms with Crippen LogP contribution in [-0.2, 0) is 10.2 Å². The minimum Gasteiger partial charge on any atom is -0.354 e. The van der Waals surface area contributed by atoms with E-state index in [4.69, 9.17) is 0 Å². The number of H-pyrrole nitrogens is 1. The zero-order valence-electron chi connectivity index (χ0n) is 11.4. The number of nitrogens with zero attached hydrogens (tertiary/aromatic N) is 2. The molecule has 0 aliphatic carbocycles. The number of aromatic amines is 1. The van der Waals surface area contributed by atoms with Gasteiger partial charge >= 0.3 is 0 Å². The summed E-state index contributed by atoms with van der Waals surface area (Å²) in [7, 11) is 0. The minimum absolute atomic E-state index is 0.0725. The fourth-order valence-corrected chi connectivity index (χ4v) is 1.83. The van der Waals surface area contributed by atoms with E-state index in [1.165, 1.54) is 0 Å². The quantitative estimate of drug-likeness (QED) is 0.706. The van der Waals surface area contributed by atoms with E-state index in [9.17, 15) is 9.59 Å². The van der Waals surface area contributed by atoms with Crippen LogP contribution < -0.4 is 10.6 Å². The van der Waals surface area contributed by atoms with Crippen molar-refractivity contribution in [3.63, 3.8) is 0 Å². The van der Waals surface area contributed by atoms with E-state index in [0.29, 0.717) is 18.8 Å². The molecule has 2 heterocycles. The second-order valence-electron chi connectivity index (χ2n) is 5.72. The Bertz CT molecular complexity index is 489.